The first kappa shape index (κ1) is 15.7. The van der Waals surface area contributed by atoms with E-state index >= 15 is 0 Å². The number of aromatic nitrogens is 2. The summed E-state index contributed by atoms with van der Waals surface area (Å²) in [6.07, 6.45) is 0. The predicted octanol–water partition coefficient (Wildman–Crippen LogP) is 3.83. The Hall–Kier alpha value is -2.18. The second-order valence-electron chi connectivity index (χ2n) is 5.27. The van der Waals surface area contributed by atoms with Gasteiger partial charge < -0.3 is 9.26 Å². The summed E-state index contributed by atoms with van der Waals surface area (Å²) < 4.78 is 10.8. The Morgan fingerprint density at radius 3 is 2.70 bits per heavy atom. The molecule has 5 nitrogen and oxygen atoms in total. The normalized spacial score (nSPS) is 11.1. The zero-order valence-corrected chi connectivity index (χ0v) is 14.0. The number of hydrogen-bond donors (Lipinski definition) is 0. The molecule has 6 heteroatoms. The fourth-order valence-electron chi connectivity index (χ4n) is 2.28. The van der Waals surface area contributed by atoms with Crippen LogP contribution in [0.4, 0.5) is 0 Å². The minimum atomic E-state index is 0.615. The maximum Gasteiger partial charge on any atom is 0.241 e. The van der Waals surface area contributed by atoms with Crippen molar-refractivity contribution in [2.75, 3.05) is 13.7 Å². The van der Waals surface area contributed by atoms with Gasteiger partial charge in [0, 0.05) is 17.5 Å². The molecule has 0 amide bonds. The van der Waals surface area contributed by atoms with Gasteiger partial charge >= 0.3 is 0 Å². The van der Waals surface area contributed by atoms with Crippen molar-refractivity contribution in [2.45, 2.75) is 20.0 Å². The molecule has 3 rings (SSSR count). The standard InChI is InChI=1S/C17H19N3O2S/c1-3-21-15-6-4-13(5-7-15)10-20(2)11-16-18-17(19-22-16)14-8-9-23-12-14/h4-9,12H,3,10-11H2,1-2H3. The van der Waals surface area contributed by atoms with Crippen molar-refractivity contribution in [3.8, 4) is 17.1 Å². The number of benzene rings is 1. The van der Waals surface area contributed by atoms with Crippen molar-refractivity contribution in [1.29, 1.82) is 0 Å². The molecule has 120 valence electrons. The molecular weight excluding hydrogens is 310 g/mol. The molecule has 0 saturated carbocycles. The average molecular weight is 329 g/mol. The number of thiophene rings is 1. The van der Waals surface area contributed by atoms with Crippen LogP contribution in [-0.2, 0) is 13.1 Å². The van der Waals surface area contributed by atoms with E-state index < -0.39 is 0 Å². The molecule has 0 aliphatic carbocycles. The maximum atomic E-state index is 5.45. The van der Waals surface area contributed by atoms with E-state index in [1.807, 2.05) is 42.9 Å². The second kappa shape index (κ2) is 7.39. The van der Waals surface area contributed by atoms with Crippen LogP contribution in [0, 0.1) is 0 Å². The maximum absolute atomic E-state index is 5.45. The van der Waals surface area contributed by atoms with E-state index in [0.717, 1.165) is 17.9 Å². The molecule has 0 bridgehead atoms. The summed E-state index contributed by atoms with van der Waals surface area (Å²) in [5.41, 5.74) is 2.22. The summed E-state index contributed by atoms with van der Waals surface area (Å²) in [5, 5.41) is 8.04. The third kappa shape index (κ3) is 4.18. The van der Waals surface area contributed by atoms with Crippen LogP contribution in [0.3, 0.4) is 0 Å². The van der Waals surface area contributed by atoms with Gasteiger partial charge in [-0.05, 0) is 43.1 Å². The molecule has 23 heavy (non-hydrogen) atoms. The van der Waals surface area contributed by atoms with Crippen LogP contribution in [0.1, 0.15) is 18.4 Å². The minimum absolute atomic E-state index is 0.615. The zero-order valence-electron chi connectivity index (χ0n) is 13.2. The third-order valence-electron chi connectivity index (χ3n) is 3.34. The van der Waals surface area contributed by atoms with Crippen LogP contribution in [0.15, 0.2) is 45.6 Å². The monoisotopic (exact) mass is 329 g/mol. The lowest BCUT2D eigenvalue weighted by atomic mass is 10.2. The Kier molecular flexibility index (Phi) is 5.05. The highest BCUT2D eigenvalue weighted by Gasteiger charge is 2.11. The van der Waals surface area contributed by atoms with Crippen LogP contribution >= 0.6 is 11.3 Å². The molecule has 0 radical (unpaired) electrons. The quantitative estimate of drug-likeness (QED) is 0.659. The number of rotatable bonds is 7. The molecular formula is C17H19N3O2S. The predicted molar refractivity (Wildman–Crippen MR) is 90.4 cm³/mol. The lowest BCUT2D eigenvalue weighted by Crippen LogP contribution is -2.17. The summed E-state index contributed by atoms with van der Waals surface area (Å²) in [7, 11) is 2.03. The Morgan fingerprint density at radius 1 is 1.17 bits per heavy atom. The molecule has 0 unspecified atom stereocenters. The van der Waals surface area contributed by atoms with Crippen LogP contribution in [0.5, 0.6) is 5.75 Å². The highest BCUT2D eigenvalue weighted by Crippen LogP contribution is 2.19. The molecule has 0 N–H and O–H groups in total. The highest BCUT2D eigenvalue weighted by molar-refractivity contribution is 7.08. The van der Waals surface area contributed by atoms with Crippen molar-refractivity contribution in [1.82, 2.24) is 15.0 Å². The van der Waals surface area contributed by atoms with Gasteiger partial charge in [-0.3, -0.25) is 4.90 Å². The molecule has 0 spiro atoms. The van der Waals surface area contributed by atoms with Gasteiger partial charge in [-0.25, -0.2) is 0 Å². The zero-order chi connectivity index (χ0) is 16.1. The highest BCUT2D eigenvalue weighted by atomic mass is 32.1. The Labute approximate surface area is 139 Å². The van der Waals surface area contributed by atoms with Crippen LogP contribution in [0.2, 0.25) is 0 Å². The first-order valence-corrected chi connectivity index (χ1v) is 8.44. The third-order valence-corrected chi connectivity index (χ3v) is 4.02. The van der Waals surface area contributed by atoms with E-state index in [2.05, 4.69) is 27.2 Å². The molecule has 0 aliphatic heterocycles. The lowest BCUT2D eigenvalue weighted by molar-refractivity contribution is 0.260. The smallest absolute Gasteiger partial charge is 0.241 e. The number of ether oxygens (including phenoxy) is 1. The Bertz CT molecular complexity index is 723. The van der Waals surface area contributed by atoms with Gasteiger partial charge in [-0.1, -0.05) is 17.3 Å². The van der Waals surface area contributed by atoms with Crippen LogP contribution < -0.4 is 4.74 Å². The number of nitrogens with zero attached hydrogens (tertiary/aromatic N) is 3. The minimum Gasteiger partial charge on any atom is -0.494 e. The SMILES string of the molecule is CCOc1ccc(CN(C)Cc2nc(-c3ccsc3)no2)cc1. The first-order chi connectivity index (χ1) is 11.2. The van der Waals surface area contributed by atoms with Crippen molar-refractivity contribution in [3.63, 3.8) is 0 Å². The van der Waals surface area contributed by atoms with E-state index in [4.69, 9.17) is 9.26 Å². The largest absolute Gasteiger partial charge is 0.494 e. The topological polar surface area (TPSA) is 51.4 Å². The van der Waals surface area contributed by atoms with Gasteiger partial charge in [-0.2, -0.15) is 16.3 Å². The molecule has 0 atom stereocenters. The summed E-state index contributed by atoms with van der Waals surface area (Å²) >= 11 is 1.62. The Morgan fingerprint density at radius 2 is 2.00 bits per heavy atom. The van der Waals surface area contributed by atoms with E-state index in [0.29, 0.717) is 24.9 Å². The van der Waals surface area contributed by atoms with Gasteiger partial charge in [0.15, 0.2) is 0 Å². The van der Waals surface area contributed by atoms with Gasteiger partial charge in [0.2, 0.25) is 11.7 Å². The van der Waals surface area contributed by atoms with E-state index in [-0.39, 0.29) is 0 Å². The summed E-state index contributed by atoms with van der Waals surface area (Å²) in [6.45, 7) is 4.09. The van der Waals surface area contributed by atoms with Gasteiger partial charge in [-0.15, -0.1) is 0 Å². The molecule has 1 aromatic carbocycles. The van der Waals surface area contributed by atoms with Crippen molar-refractivity contribution < 1.29 is 9.26 Å². The Balaban J connectivity index is 1.57. The van der Waals surface area contributed by atoms with Crippen LogP contribution in [0.25, 0.3) is 11.4 Å². The number of hydrogen-bond acceptors (Lipinski definition) is 6. The van der Waals surface area contributed by atoms with E-state index in [1.54, 1.807) is 11.3 Å². The fourth-order valence-corrected chi connectivity index (χ4v) is 2.92. The van der Waals surface area contributed by atoms with Gasteiger partial charge in [0.05, 0.1) is 13.2 Å². The average Bonchev–Trinajstić information content (AvgIpc) is 3.20. The fraction of sp³-hybridized carbons (Fsp3) is 0.294. The second-order valence-corrected chi connectivity index (χ2v) is 6.05. The summed E-state index contributed by atoms with van der Waals surface area (Å²) in [4.78, 5) is 6.58. The van der Waals surface area contributed by atoms with Crippen molar-refractivity contribution in [3.05, 3.63) is 52.5 Å². The van der Waals surface area contributed by atoms with Crippen LogP contribution in [-0.4, -0.2) is 28.7 Å². The molecule has 2 aromatic heterocycles. The van der Waals surface area contributed by atoms with Crippen molar-refractivity contribution in [2.24, 2.45) is 0 Å². The molecule has 0 aliphatic rings. The molecule has 2 heterocycles. The molecule has 0 fully saturated rings. The van der Waals surface area contributed by atoms with E-state index in [9.17, 15) is 0 Å². The van der Waals surface area contributed by atoms with Gasteiger partial charge in [0.1, 0.15) is 5.75 Å². The summed E-state index contributed by atoms with van der Waals surface area (Å²) in [6, 6.07) is 10.1. The lowest BCUT2D eigenvalue weighted by Gasteiger charge is -2.14. The molecule has 3 aromatic rings. The first-order valence-electron chi connectivity index (χ1n) is 7.50. The summed E-state index contributed by atoms with van der Waals surface area (Å²) in [5.74, 6) is 2.17. The molecule has 0 saturated heterocycles. The van der Waals surface area contributed by atoms with Gasteiger partial charge in [0.25, 0.3) is 0 Å². The van der Waals surface area contributed by atoms with Crippen molar-refractivity contribution >= 4 is 11.3 Å². The van der Waals surface area contributed by atoms with E-state index in [1.165, 1.54) is 5.56 Å².